The summed E-state index contributed by atoms with van der Waals surface area (Å²) >= 11 is 6.07. The van der Waals surface area contributed by atoms with Crippen LogP contribution >= 0.6 is 11.6 Å². The number of sulfonamides is 1. The fourth-order valence-corrected chi connectivity index (χ4v) is 3.01. The minimum Gasteiger partial charge on any atom is -0.497 e. The second-order valence-corrected chi connectivity index (χ2v) is 7.58. The topological polar surface area (TPSA) is 84.5 Å². The van der Waals surface area contributed by atoms with E-state index in [9.17, 15) is 13.2 Å². The van der Waals surface area contributed by atoms with Gasteiger partial charge in [-0.1, -0.05) is 23.7 Å². The van der Waals surface area contributed by atoms with Crippen LogP contribution in [0.2, 0.25) is 5.02 Å². The molecule has 0 saturated heterocycles. The van der Waals surface area contributed by atoms with Crippen LogP contribution in [0.5, 0.6) is 5.75 Å². The highest BCUT2D eigenvalue weighted by Crippen LogP contribution is 2.21. The number of amides is 1. The summed E-state index contributed by atoms with van der Waals surface area (Å²) in [5.74, 6) is 0.465. The molecule has 0 aromatic heterocycles. The number of ether oxygens (including phenoxy) is 1. The molecule has 0 heterocycles. The van der Waals surface area contributed by atoms with Crippen molar-refractivity contribution in [3.05, 3.63) is 58.6 Å². The minimum absolute atomic E-state index is 0.176. The van der Waals surface area contributed by atoms with Gasteiger partial charge in [0.2, 0.25) is 10.0 Å². The number of benzene rings is 2. The van der Waals surface area contributed by atoms with Gasteiger partial charge in [0.25, 0.3) is 5.91 Å². The Balaban J connectivity index is 1.93. The molecule has 0 bridgehead atoms. The van der Waals surface area contributed by atoms with Crippen LogP contribution in [-0.4, -0.2) is 34.2 Å². The molecule has 0 saturated carbocycles. The Morgan fingerprint density at radius 1 is 1.16 bits per heavy atom. The van der Waals surface area contributed by atoms with Gasteiger partial charge in [0.05, 0.1) is 24.0 Å². The molecule has 0 aliphatic heterocycles. The van der Waals surface area contributed by atoms with Crippen molar-refractivity contribution in [1.82, 2.24) is 5.32 Å². The largest absolute Gasteiger partial charge is 0.497 e. The predicted molar refractivity (Wildman–Crippen MR) is 98.9 cm³/mol. The van der Waals surface area contributed by atoms with E-state index in [1.165, 1.54) is 18.2 Å². The monoisotopic (exact) mass is 382 g/mol. The van der Waals surface area contributed by atoms with Crippen molar-refractivity contribution in [2.45, 2.75) is 6.42 Å². The van der Waals surface area contributed by atoms with E-state index in [2.05, 4.69) is 10.0 Å². The van der Waals surface area contributed by atoms with Crippen LogP contribution in [0.3, 0.4) is 0 Å². The summed E-state index contributed by atoms with van der Waals surface area (Å²) < 4.78 is 29.8. The number of hydrogen-bond donors (Lipinski definition) is 2. The van der Waals surface area contributed by atoms with Gasteiger partial charge in [0.1, 0.15) is 5.75 Å². The van der Waals surface area contributed by atoms with E-state index in [-0.39, 0.29) is 16.5 Å². The first-order valence-corrected chi connectivity index (χ1v) is 9.74. The highest BCUT2D eigenvalue weighted by atomic mass is 35.5. The summed E-state index contributed by atoms with van der Waals surface area (Å²) in [5, 5.41) is 2.97. The number of anilines is 1. The van der Waals surface area contributed by atoms with Gasteiger partial charge < -0.3 is 10.1 Å². The first-order valence-electron chi connectivity index (χ1n) is 7.47. The number of hydrogen-bond acceptors (Lipinski definition) is 4. The molecule has 1 amide bonds. The van der Waals surface area contributed by atoms with E-state index < -0.39 is 10.0 Å². The molecule has 25 heavy (non-hydrogen) atoms. The van der Waals surface area contributed by atoms with Gasteiger partial charge in [0, 0.05) is 12.2 Å². The van der Waals surface area contributed by atoms with Crippen LogP contribution < -0.4 is 14.8 Å². The van der Waals surface area contributed by atoms with E-state index in [4.69, 9.17) is 16.3 Å². The Kier molecular flexibility index (Phi) is 6.27. The van der Waals surface area contributed by atoms with E-state index in [0.29, 0.717) is 18.7 Å². The van der Waals surface area contributed by atoms with Crippen molar-refractivity contribution < 1.29 is 17.9 Å². The van der Waals surface area contributed by atoms with Gasteiger partial charge >= 0.3 is 0 Å². The van der Waals surface area contributed by atoms with Crippen LogP contribution in [0.1, 0.15) is 15.9 Å². The van der Waals surface area contributed by atoms with Gasteiger partial charge in [-0.25, -0.2) is 8.42 Å². The van der Waals surface area contributed by atoms with Gasteiger partial charge in [0.15, 0.2) is 0 Å². The summed E-state index contributed by atoms with van der Waals surface area (Å²) in [7, 11) is -1.79. The van der Waals surface area contributed by atoms with Crippen LogP contribution in [0.15, 0.2) is 42.5 Å². The third-order valence-corrected chi connectivity index (χ3v) is 4.29. The van der Waals surface area contributed by atoms with Crippen LogP contribution in [-0.2, 0) is 16.4 Å². The average Bonchev–Trinajstić information content (AvgIpc) is 2.54. The molecule has 0 unspecified atom stereocenters. The molecule has 0 aliphatic rings. The van der Waals surface area contributed by atoms with Crippen LogP contribution in [0.4, 0.5) is 5.69 Å². The second-order valence-electron chi connectivity index (χ2n) is 5.42. The zero-order valence-electron chi connectivity index (χ0n) is 13.9. The summed E-state index contributed by atoms with van der Waals surface area (Å²) in [6.45, 7) is 0.449. The van der Waals surface area contributed by atoms with Crippen molar-refractivity contribution in [3.8, 4) is 5.75 Å². The molecule has 2 aromatic rings. The second kappa shape index (κ2) is 8.22. The number of rotatable bonds is 7. The third kappa shape index (κ3) is 5.95. The Hall–Kier alpha value is -2.25. The molecule has 134 valence electrons. The molecule has 2 rings (SSSR count). The Labute approximate surface area is 152 Å². The number of halogens is 1. The Bertz CT molecular complexity index is 851. The molecule has 8 heteroatoms. The zero-order chi connectivity index (χ0) is 18.4. The maximum Gasteiger partial charge on any atom is 0.252 e. The molecule has 0 spiro atoms. The molecule has 2 N–H and O–H groups in total. The lowest BCUT2D eigenvalue weighted by molar-refractivity contribution is 0.0954. The van der Waals surface area contributed by atoms with E-state index in [1.54, 1.807) is 7.11 Å². The number of carbonyl (C=O) groups is 1. The fourth-order valence-electron chi connectivity index (χ4n) is 2.18. The first kappa shape index (κ1) is 19.1. The molecule has 6 nitrogen and oxygen atoms in total. The Morgan fingerprint density at radius 3 is 2.40 bits per heavy atom. The summed E-state index contributed by atoms with van der Waals surface area (Å²) in [4.78, 5) is 12.2. The van der Waals surface area contributed by atoms with Gasteiger partial charge in [-0.15, -0.1) is 0 Å². The predicted octanol–water partition coefficient (Wildman–Crippen LogP) is 2.69. The van der Waals surface area contributed by atoms with Crippen molar-refractivity contribution in [2.24, 2.45) is 0 Å². The summed E-state index contributed by atoms with van der Waals surface area (Å²) in [5.41, 5.74) is 1.66. The molecule has 0 fully saturated rings. The zero-order valence-corrected chi connectivity index (χ0v) is 15.4. The maximum atomic E-state index is 12.2. The molecular weight excluding hydrogens is 364 g/mol. The molecule has 0 aliphatic carbocycles. The van der Waals surface area contributed by atoms with Crippen molar-refractivity contribution >= 4 is 33.2 Å². The SMILES string of the molecule is COc1ccc(CCNC(=O)c2ccc(NS(C)(=O)=O)cc2Cl)cc1. The lowest BCUT2D eigenvalue weighted by atomic mass is 10.1. The van der Waals surface area contributed by atoms with Gasteiger partial charge in [-0.05, 0) is 42.3 Å². The van der Waals surface area contributed by atoms with Gasteiger partial charge in [-0.2, -0.15) is 0 Å². The maximum absolute atomic E-state index is 12.2. The first-order chi connectivity index (χ1) is 11.8. The normalized spacial score (nSPS) is 11.0. The number of nitrogens with one attached hydrogen (secondary N) is 2. The fraction of sp³-hybridized carbons (Fsp3) is 0.235. The molecule has 0 atom stereocenters. The molecular formula is C17H19ClN2O4S. The number of carbonyl (C=O) groups excluding carboxylic acids is 1. The lowest BCUT2D eigenvalue weighted by Crippen LogP contribution is -2.26. The molecule has 0 radical (unpaired) electrons. The van der Waals surface area contributed by atoms with E-state index in [0.717, 1.165) is 17.6 Å². The standard InChI is InChI=1S/C17H19ClN2O4S/c1-24-14-6-3-12(4-7-14)9-10-19-17(21)15-8-5-13(11-16(15)18)20-25(2,22)23/h3-8,11,20H,9-10H2,1-2H3,(H,19,21). The smallest absolute Gasteiger partial charge is 0.252 e. The minimum atomic E-state index is -3.40. The van der Waals surface area contributed by atoms with Crippen LogP contribution in [0, 0.1) is 0 Å². The molecule has 2 aromatic carbocycles. The summed E-state index contributed by atoms with van der Waals surface area (Å²) in [6, 6.07) is 12.0. The third-order valence-electron chi connectivity index (χ3n) is 3.38. The van der Waals surface area contributed by atoms with E-state index >= 15 is 0 Å². The van der Waals surface area contributed by atoms with Crippen molar-refractivity contribution in [3.63, 3.8) is 0 Å². The summed E-state index contributed by atoms with van der Waals surface area (Å²) in [6.07, 6.45) is 1.71. The quantitative estimate of drug-likeness (QED) is 0.771. The average molecular weight is 383 g/mol. The highest BCUT2D eigenvalue weighted by Gasteiger charge is 2.12. The van der Waals surface area contributed by atoms with E-state index in [1.807, 2.05) is 24.3 Å². The lowest BCUT2D eigenvalue weighted by Gasteiger charge is -2.09. The van der Waals surface area contributed by atoms with Crippen LogP contribution in [0.25, 0.3) is 0 Å². The van der Waals surface area contributed by atoms with Gasteiger partial charge in [-0.3, -0.25) is 9.52 Å². The van der Waals surface area contributed by atoms with Crippen molar-refractivity contribution in [2.75, 3.05) is 24.6 Å². The van der Waals surface area contributed by atoms with Crippen molar-refractivity contribution in [1.29, 1.82) is 0 Å². The number of methoxy groups -OCH3 is 1. The highest BCUT2D eigenvalue weighted by molar-refractivity contribution is 7.92. The Morgan fingerprint density at radius 2 is 1.84 bits per heavy atom.